The molecule has 0 radical (unpaired) electrons. The lowest BCUT2D eigenvalue weighted by molar-refractivity contribution is 0.102. The number of hydrogen-bond acceptors (Lipinski definition) is 7. The predicted molar refractivity (Wildman–Crippen MR) is 146 cm³/mol. The van der Waals surface area contributed by atoms with E-state index in [0.29, 0.717) is 28.7 Å². The molecular weight excluding hydrogens is 553 g/mol. The molecule has 0 atom stereocenters. The Hall–Kier alpha value is -3.70. The number of anilines is 1. The number of fused-ring (bicyclic) bond motifs is 1. The maximum atomic E-state index is 13.2. The number of benzene rings is 4. The first kappa shape index (κ1) is 27.3. The molecule has 4 aromatic carbocycles. The van der Waals surface area contributed by atoms with Crippen molar-refractivity contribution in [2.45, 2.75) is 18.7 Å². The van der Waals surface area contributed by atoms with Crippen LogP contribution in [0.3, 0.4) is 0 Å². The molecule has 4 rings (SSSR count). The lowest BCUT2D eigenvalue weighted by Crippen LogP contribution is -2.12. The topological polar surface area (TPSA) is 138 Å². The average molecular weight is 574 g/mol. The van der Waals surface area contributed by atoms with Crippen molar-refractivity contribution in [1.82, 2.24) is 0 Å². The molecule has 0 saturated heterocycles. The molecule has 0 aliphatic rings. The van der Waals surface area contributed by atoms with E-state index in [-0.39, 0.29) is 32.7 Å². The smallest absolute Gasteiger partial charge is 0.294 e. The van der Waals surface area contributed by atoms with E-state index in [4.69, 9.17) is 27.9 Å². The molecule has 12 heteroatoms. The average Bonchev–Trinajstić information content (AvgIpc) is 2.86. The summed E-state index contributed by atoms with van der Waals surface area (Å²) in [6.45, 7) is 3.79. The van der Waals surface area contributed by atoms with E-state index in [0.717, 1.165) is 6.07 Å². The fourth-order valence-corrected chi connectivity index (χ4v) is 4.58. The summed E-state index contributed by atoms with van der Waals surface area (Å²) >= 11 is 12.5. The molecule has 0 fully saturated rings. The van der Waals surface area contributed by atoms with E-state index in [1.165, 1.54) is 12.1 Å². The Morgan fingerprint density at radius 2 is 1.79 bits per heavy atom. The number of aryl methyl sites for hydroxylation is 1. The second-order valence-electron chi connectivity index (χ2n) is 8.12. The first-order chi connectivity index (χ1) is 18.0. The summed E-state index contributed by atoms with van der Waals surface area (Å²) in [6.07, 6.45) is 0. The van der Waals surface area contributed by atoms with Gasteiger partial charge in [-0.1, -0.05) is 47.5 Å². The Kier molecular flexibility index (Phi) is 7.89. The number of carbonyl (C=O) groups is 1. The minimum absolute atomic E-state index is 0.0478. The number of ether oxygens (including phenoxy) is 1. The third-order valence-corrected chi connectivity index (χ3v) is 7.15. The molecule has 0 aliphatic heterocycles. The monoisotopic (exact) mass is 573 g/mol. The summed E-state index contributed by atoms with van der Waals surface area (Å²) in [7, 11) is -4.53. The number of rotatable bonds is 7. The molecule has 0 aromatic heterocycles. The SMILES string of the molecule is CCOc1ccc(Cl)c(NC(=O)c2cc3ccccc3c(N=Nc3cc(S(=O)(=O)O)cc(C)c3Cl)c2O)c1. The molecule has 3 N–H and O–H groups in total. The standard InChI is InChI=1S/C26H21Cl2N3O6S/c1-3-37-16-8-9-20(27)21(12-16)29-26(33)19-11-15-6-4-5-7-18(15)24(25(19)32)31-30-22-13-17(38(34,35)36)10-14(2)23(22)28/h4-13,32H,3H2,1-2H3,(H,29,33)(H,34,35,36). The maximum absolute atomic E-state index is 13.2. The van der Waals surface area contributed by atoms with Gasteiger partial charge in [0.25, 0.3) is 16.0 Å². The molecule has 9 nitrogen and oxygen atoms in total. The van der Waals surface area contributed by atoms with Gasteiger partial charge in [0.15, 0.2) is 5.75 Å². The normalized spacial score (nSPS) is 11.7. The van der Waals surface area contributed by atoms with E-state index in [9.17, 15) is 22.9 Å². The highest BCUT2D eigenvalue weighted by atomic mass is 35.5. The predicted octanol–water partition coefficient (Wildman–Crippen LogP) is 7.47. The van der Waals surface area contributed by atoms with E-state index >= 15 is 0 Å². The molecule has 196 valence electrons. The van der Waals surface area contributed by atoms with E-state index in [1.54, 1.807) is 49.4 Å². The van der Waals surface area contributed by atoms with Crippen molar-refractivity contribution in [3.63, 3.8) is 0 Å². The van der Waals surface area contributed by atoms with Crippen molar-refractivity contribution in [1.29, 1.82) is 0 Å². The van der Waals surface area contributed by atoms with Crippen LogP contribution in [-0.2, 0) is 10.1 Å². The Labute approximate surface area is 228 Å². The highest BCUT2D eigenvalue weighted by molar-refractivity contribution is 7.85. The quantitative estimate of drug-likeness (QED) is 0.155. The first-order valence-electron chi connectivity index (χ1n) is 11.2. The summed E-state index contributed by atoms with van der Waals surface area (Å²) in [6, 6.07) is 15.4. The second-order valence-corrected chi connectivity index (χ2v) is 10.3. The number of amides is 1. The van der Waals surface area contributed by atoms with E-state index in [1.807, 2.05) is 6.92 Å². The van der Waals surface area contributed by atoms with Crippen LogP contribution in [0.1, 0.15) is 22.8 Å². The lowest BCUT2D eigenvalue weighted by atomic mass is 10.0. The highest BCUT2D eigenvalue weighted by Gasteiger charge is 2.20. The van der Waals surface area contributed by atoms with Gasteiger partial charge >= 0.3 is 0 Å². The molecule has 0 saturated carbocycles. The molecule has 0 aliphatic carbocycles. The summed E-state index contributed by atoms with van der Waals surface area (Å²) in [5, 5.41) is 23.3. The molecule has 0 unspecified atom stereocenters. The van der Waals surface area contributed by atoms with Crippen molar-refractivity contribution in [2.24, 2.45) is 10.2 Å². The summed E-state index contributed by atoms with van der Waals surface area (Å²) in [5.41, 5.74) is 0.404. The van der Waals surface area contributed by atoms with Gasteiger partial charge in [0, 0.05) is 11.5 Å². The van der Waals surface area contributed by atoms with Gasteiger partial charge < -0.3 is 15.2 Å². The molecule has 4 aromatic rings. The van der Waals surface area contributed by atoms with Crippen molar-refractivity contribution in [2.75, 3.05) is 11.9 Å². The molecular formula is C26H21Cl2N3O6S. The number of phenolic OH excluding ortho intramolecular Hbond substituents is 1. The van der Waals surface area contributed by atoms with Crippen molar-refractivity contribution < 1.29 is 27.6 Å². The third kappa shape index (κ3) is 5.73. The number of aromatic hydroxyl groups is 1. The Morgan fingerprint density at radius 1 is 1.05 bits per heavy atom. The first-order valence-corrected chi connectivity index (χ1v) is 13.4. The zero-order valence-corrected chi connectivity index (χ0v) is 22.4. The van der Waals surface area contributed by atoms with Gasteiger partial charge in [-0.15, -0.1) is 10.2 Å². The lowest BCUT2D eigenvalue weighted by Gasteiger charge is -2.13. The van der Waals surface area contributed by atoms with Gasteiger partial charge in [0.2, 0.25) is 0 Å². The fraction of sp³-hybridized carbons (Fsp3) is 0.115. The van der Waals surface area contributed by atoms with Crippen LogP contribution in [-0.4, -0.2) is 30.6 Å². The van der Waals surface area contributed by atoms with Gasteiger partial charge in [-0.2, -0.15) is 8.42 Å². The van der Waals surface area contributed by atoms with Crippen LogP contribution in [0.4, 0.5) is 17.1 Å². The molecule has 38 heavy (non-hydrogen) atoms. The number of nitrogens with zero attached hydrogens (tertiary/aromatic N) is 2. The molecule has 0 heterocycles. The van der Waals surface area contributed by atoms with Crippen LogP contribution < -0.4 is 10.1 Å². The minimum Gasteiger partial charge on any atom is -0.505 e. The Balaban J connectivity index is 1.80. The third-order valence-electron chi connectivity index (χ3n) is 5.50. The largest absolute Gasteiger partial charge is 0.505 e. The Morgan fingerprint density at radius 3 is 2.50 bits per heavy atom. The summed E-state index contributed by atoms with van der Waals surface area (Å²) in [4.78, 5) is 12.8. The number of nitrogens with one attached hydrogen (secondary N) is 1. The van der Waals surface area contributed by atoms with Crippen LogP contribution in [0.5, 0.6) is 11.5 Å². The van der Waals surface area contributed by atoms with Gasteiger partial charge in [0.1, 0.15) is 17.1 Å². The van der Waals surface area contributed by atoms with Crippen LogP contribution in [0.2, 0.25) is 10.0 Å². The van der Waals surface area contributed by atoms with E-state index < -0.39 is 26.7 Å². The number of azo groups is 1. The maximum Gasteiger partial charge on any atom is 0.294 e. The number of phenols is 1. The summed E-state index contributed by atoms with van der Waals surface area (Å²) < 4.78 is 38.2. The van der Waals surface area contributed by atoms with Crippen LogP contribution in [0.15, 0.2) is 75.8 Å². The minimum atomic E-state index is -4.53. The van der Waals surface area contributed by atoms with Crippen LogP contribution in [0.25, 0.3) is 10.8 Å². The van der Waals surface area contributed by atoms with Crippen LogP contribution >= 0.6 is 23.2 Å². The molecule has 1 amide bonds. The van der Waals surface area contributed by atoms with Gasteiger partial charge in [-0.3, -0.25) is 9.35 Å². The number of halogens is 2. The van der Waals surface area contributed by atoms with E-state index in [2.05, 4.69) is 15.5 Å². The number of carbonyl (C=O) groups excluding carboxylic acids is 1. The summed E-state index contributed by atoms with van der Waals surface area (Å²) in [5.74, 6) is -0.632. The molecule has 0 spiro atoms. The molecule has 0 bridgehead atoms. The number of hydrogen-bond donors (Lipinski definition) is 3. The second kappa shape index (κ2) is 11.0. The van der Waals surface area contributed by atoms with Crippen molar-refractivity contribution >= 4 is 67.1 Å². The zero-order chi connectivity index (χ0) is 27.6. The fourth-order valence-electron chi connectivity index (χ4n) is 3.68. The highest BCUT2D eigenvalue weighted by Crippen LogP contribution is 2.41. The zero-order valence-electron chi connectivity index (χ0n) is 20.1. The van der Waals surface area contributed by atoms with Gasteiger partial charge in [0.05, 0.1) is 32.8 Å². The Bertz CT molecular complexity index is 1710. The van der Waals surface area contributed by atoms with Gasteiger partial charge in [-0.05, 0) is 55.1 Å². The van der Waals surface area contributed by atoms with Crippen molar-refractivity contribution in [3.8, 4) is 11.5 Å². The van der Waals surface area contributed by atoms with Crippen molar-refractivity contribution in [3.05, 3.63) is 81.8 Å². The van der Waals surface area contributed by atoms with Gasteiger partial charge in [-0.25, -0.2) is 0 Å². The van der Waals surface area contributed by atoms with Crippen LogP contribution in [0, 0.1) is 6.92 Å².